The van der Waals surface area contributed by atoms with Crippen molar-refractivity contribution in [3.05, 3.63) is 40.4 Å². The Kier molecular flexibility index (Phi) is 3.87. The van der Waals surface area contributed by atoms with Gasteiger partial charge in [0.05, 0.1) is 10.9 Å². The van der Waals surface area contributed by atoms with Crippen LogP contribution in [0.5, 0.6) is 0 Å². The van der Waals surface area contributed by atoms with Crippen molar-refractivity contribution < 1.29 is 4.79 Å². The SMILES string of the molecule is CN(CC1CC1)C(=O)CCc1nc2ccccc2c(=O)n1C1CC1. The van der Waals surface area contributed by atoms with E-state index < -0.39 is 0 Å². The lowest BCUT2D eigenvalue weighted by Gasteiger charge is -2.17. The molecule has 1 amide bonds. The molecule has 2 aromatic rings. The van der Waals surface area contributed by atoms with E-state index in [1.54, 1.807) is 0 Å². The predicted molar refractivity (Wildman–Crippen MR) is 93.0 cm³/mol. The molecule has 2 aliphatic carbocycles. The Morgan fingerprint density at radius 2 is 2.00 bits per heavy atom. The number of carbonyl (C=O) groups is 1. The Bertz CT molecular complexity index is 834. The lowest BCUT2D eigenvalue weighted by molar-refractivity contribution is -0.130. The van der Waals surface area contributed by atoms with Gasteiger partial charge >= 0.3 is 0 Å². The number of aryl methyl sites for hydroxylation is 1. The fourth-order valence-electron chi connectivity index (χ4n) is 3.28. The van der Waals surface area contributed by atoms with Crippen LogP contribution in [0.3, 0.4) is 0 Å². The van der Waals surface area contributed by atoms with Gasteiger partial charge < -0.3 is 4.90 Å². The maximum Gasteiger partial charge on any atom is 0.261 e. The third-order valence-corrected chi connectivity index (χ3v) is 5.01. The van der Waals surface area contributed by atoms with E-state index in [2.05, 4.69) is 0 Å². The third-order valence-electron chi connectivity index (χ3n) is 5.01. The Morgan fingerprint density at radius 3 is 2.71 bits per heavy atom. The molecule has 0 spiro atoms. The van der Waals surface area contributed by atoms with Crippen molar-refractivity contribution >= 4 is 16.8 Å². The molecule has 5 heteroatoms. The second-order valence-electron chi connectivity index (χ2n) is 7.17. The van der Waals surface area contributed by atoms with E-state index in [9.17, 15) is 9.59 Å². The van der Waals surface area contributed by atoms with Crippen LogP contribution in [0.4, 0.5) is 0 Å². The number of hydrogen-bond donors (Lipinski definition) is 0. The van der Waals surface area contributed by atoms with Crippen molar-refractivity contribution in [3.63, 3.8) is 0 Å². The minimum Gasteiger partial charge on any atom is -0.345 e. The maximum atomic E-state index is 12.8. The van der Waals surface area contributed by atoms with E-state index in [0.29, 0.717) is 24.1 Å². The largest absolute Gasteiger partial charge is 0.345 e. The number of carbonyl (C=O) groups excluding carboxylic acids is 1. The van der Waals surface area contributed by atoms with Crippen molar-refractivity contribution in [2.24, 2.45) is 5.92 Å². The molecule has 1 aromatic carbocycles. The smallest absolute Gasteiger partial charge is 0.261 e. The number of amides is 1. The molecule has 0 saturated heterocycles. The summed E-state index contributed by atoms with van der Waals surface area (Å²) in [4.78, 5) is 31.7. The molecule has 24 heavy (non-hydrogen) atoms. The van der Waals surface area contributed by atoms with Gasteiger partial charge in [0.1, 0.15) is 5.82 Å². The van der Waals surface area contributed by atoms with E-state index in [1.807, 2.05) is 40.8 Å². The van der Waals surface area contributed by atoms with E-state index >= 15 is 0 Å². The van der Waals surface area contributed by atoms with E-state index in [0.717, 1.165) is 30.7 Å². The summed E-state index contributed by atoms with van der Waals surface area (Å²) in [5, 5.41) is 0.672. The number of para-hydroxylation sites is 1. The highest BCUT2D eigenvalue weighted by molar-refractivity contribution is 5.78. The zero-order valence-electron chi connectivity index (χ0n) is 14.1. The summed E-state index contributed by atoms with van der Waals surface area (Å²) >= 11 is 0. The van der Waals surface area contributed by atoms with E-state index in [1.165, 1.54) is 12.8 Å². The first-order chi connectivity index (χ1) is 11.6. The summed E-state index contributed by atoms with van der Waals surface area (Å²) in [6.07, 6.45) is 5.49. The molecule has 4 rings (SSSR count). The van der Waals surface area contributed by atoms with Crippen molar-refractivity contribution in [3.8, 4) is 0 Å². The van der Waals surface area contributed by atoms with Crippen molar-refractivity contribution in [1.82, 2.24) is 14.5 Å². The maximum absolute atomic E-state index is 12.8. The monoisotopic (exact) mass is 325 g/mol. The first-order valence-corrected chi connectivity index (χ1v) is 8.87. The van der Waals surface area contributed by atoms with Crippen molar-refractivity contribution in [2.75, 3.05) is 13.6 Å². The topological polar surface area (TPSA) is 55.2 Å². The molecule has 1 heterocycles. The Hall–Kier alpha value is -2.17. The molecule has 2 aliphatic rings. The van der Waals surface area contributed by atoms with Crippen molar-refractivity contribution in [2.45, 2.75) is 44.6 Å². The predicted octanol–water partition coefficient (Wildman–Crippen LogP) is 2.53. The number of aromatic nitrogens is 2. The molecular weight excluding hydrogens is 302 g/mol. The highest BCUT2D eigenvalue weighted by atomic mass is 16.2. The summed E-state index contributed by atoms with van der Waals surface area (Å²) in [5.41, 5.74) is 0.769. The van der Waals surface area contributed by atoms with E-state index in [4.69, 9.17) is 4.98 Å². The van der Waals surface area contributed by atoms with Crippen LogP contribution in [0.2, 0.25) is 0 Å². The van der Waals surface area contributed by atoms with Gasteiger partial charge in [-0.05, 0) is 43.7 Å². The minimum absolute atomic E-state index is 0.0388. The molecule has 5 nitrogen and oxygen atoms in total. The van der Waals surface area contributed by atoms with Gasteiger partial charge in [0.2, 0.25) is 5.91 Å². The zero-order chi connectivity index (χ0) is 16.7. The summed E-state index contributed by atoms with van der Waals surface area (Å²) in [6.45, 7) is 0.861. The quantitative estimate of drug-likeness (QED) is 0.820. The lowest BCUT2D eigenvalue weighted by atomic mass is 10.2. The van der Waals surface area contributed by atoms with Crippen LogP contribution in [0.25, 0.3) is 10.9 Å². The van der Waals surface area contributed by atoms with Gasteiger partial charge in [0.25, 0.3) is 5.56 Å². The molecule has 0 N–H and O–H groups in total. The summed E-state index contributed by atoms with van der Waals surface area (Å²) in [5.74, 6) is 1.60. The molecule has 2 fully saturated rings. The average Bonchev–Trinajstić information content (AvgIpc) is 3.47. The fraction of sp³-hybridized carbons (Fsp3) is 0.526. The van der Waals surface area contributed by atoms with Gasteiger partial charge in [-0.1, -0.05) is 12.1 Å². The molecule has 0 unspecified atom stereocenters. The van der Waals surface area contributed by atoms with Crippen LogP contribution in [0.1, 0.15) is 44.0 Å². The first kappa shape index (κ1) is 15.4. The molecular formula is C19H23N3O2. The molecule has 0 atom stereocenters. The van der Waals surface area contributed by atoms with Gasteiger partial charge in [-0.15, -0.1) is 0 Å². The summed E-state index contributed by atoms with van der Waals surface area (Å²) < 4.78 is 1.83. The Balaban J connectivity index is 1.57. The zero-order valence-corrected chi connectivity index (χ0v) is 14.1. The van der Waals surface area contributed by atoms with Crippen LogP contribution in [0.15, 0.2) is 29.1 Å². The number of fused-ring (bicyclic) bond motifs is 1. The van der Waals surface area contributed by atoms with Crippen LogP contribution in [0, 0.1) is 5.92 Å². The van der Waals surface area contributed by atoms with Gasteiger partial charge in [-0.2, -0.15) is 0 Å². The molecule has 0 bridgehead atoms. The van der Waals surface area contributed by atoms with Crippen molar-refractivity contribution in [1.29, 1.82) is 0 Å². The molecule has 1 aromatic heterocycles. The molecule has 0 radical (unpaired) electrons. The summed E-state index contributed by atoms with van der Waals surface area (Å²) in [6, 6.07) is 7.75. The number of benzene rings is 1. The lowest BCUT2D eigenvalue weighted by Crippen LogP contribution is -2.30. The third kappa shape index (κ3) is 3.07. The van der Waals surface area contributed by atoms with Gasteiger partial charge in [0.15, 0.2) is 0 Å². The van der Waals surface area contributed by atoms with Crippen LogP contribution in [-0.2, 0) is 11.2 Å². The highest BCUT2D eigenvalue weighted by Gasteiger charge is 2.29. The second-order valence-corrected chi connectivity index (χ2v) is 7.17. The molecule has 0 aliphatic heterocycles. The Morgan fingerprint density at radius 1 is 1.25 bits per heavy atom. The highest BCUT2D eigenvalue weighted by Crippen LogP contribution is 2.35. The second kappa shape index (κ2) is 6.04. The van der Waals surface area contributed by atoms with Crippen LogP contribution in [-0.4, -0.2) is 34.0 Å². The standard InChI is InChI=1S/C19H23N3O2/c1-21(12-13-6-7-13)18(23)11-10-17-20-16-5-3-2-4-15(16)19(24)22(17)14-8-9-14/h2-5,13-14H,6-12H2,1H3. The van der Waals surface area contributed by atoms with E-state index in [-0.39, 0.29) is 17.5 Å². The van der Waals surface area contributed by atoms with Gasteiger partial charge in [-0.25, -0.2) is 4.98 Å². The first-order valence-electron chi connectivity index (χ1n) is 8.87. The normalized spacial score (nSPS) is 17.2. The average molecular weight is 325 g/mol. The fourth-order valence-corrected chi connectivity index (χ4v) is 3.28. The number of rotatable bonds is 6. The van der Waals surface area contributed by atoms with Gasteiger partial charge in [0, 0.05) is 32.5 Å². The Labute approximate surface area is 141 Å². The number of nitrogens with zero attached hydrogens (tertiary/aromatic N) is 3. The minimum atomic E-state index is 0.0388. The molecule has 126 valence electrons. The molecule has 2 saturated carbocycles. The van der Waals surface area contributed by atoms with Crippen LogP contribution < -0.4 is 5.56 Å². The van der Waals surface area contributed by atoms with Gasteiger partial charge in [-0.3, -0.25) is 14.2 Å². The van der Waals surface area contributed by atoms with Crippen LogP contribution >= 0.6 is 0 Å². The number of hydrogen-bond acceptors (Lipinski definition) is 3. The summed E-state index contributed by atoms with van der Waals surface area (Å²) in [7, 11) is 1.88.